The second-order valence-corrected chi connectivity index (χ2v) is 5.26. The molecule has 0 bridgehead atoms. The van der Waals surface area contributed by atoms with Crippen molar-refractivity contribution in [1.82, 2.24) is 15.0 Å². The average molecular weight is 317 g/mol. The predicted octanol–water partition coefficient (Wildman–Crippen LogP) is -0.0255. The zero-order valence-electron chi connectivity index (χ0n) is 12.6. The van der Waals surface area contributed by atoms with Crippen LogP contribution in [0.2, 0.25) is 0 Å². The van der Waals surface area contributed by atoms with Crippen LogP contribution in [0.4, 0.5) is 11.5 Å². The lowest BCUT2D eigenvalue weighted by Gasteiger charge is -2.27. The van der Waals surface area contributed by atoms with Gasteiger partial charge in [-0.2, -0.15) is 0 Å². The van der Waals surface area contributed by atoms with E-state index in [0.717, 1.165) is 0 Å². The number of rotatable bonds is 5. The van der Waals surface area contributed by atoms with E-state index in [-0.39, 0.29) is 12.0 Å². The molecule has 0 amide bonds. The number of nitrogens with zero attached hydrogens (tertiary/aromatic N) is 3. The van der Waals surface area contributed by atoms with Crippen molar-refractivity contribution in [3.8, 4) is 0 Å². The first kappa shape index (κ1) is 15.4. The summed E-state index contributed by atoms with van der Waals surface area (Å²) in [7, 11) is 0. The Hall–Kier alpha value is -2.45. The Kier molecular flexibility index (Phi) is 4.84. The molecule has 1 saturated heterocycles. The standard InChI is InChI=1S/C15H19N5O3/c21-14(17-11-2-1-3-16-10-11)8-12-18-13(9-15(22)19-12)20-4-6-23-7-5-20/h1-3,9-10,14,17,21H,4-8H2,(H,18,19,22). The maximum absolute atomic E-state index is 11.8. The van der Waals surface area contributed by atoms with Gasteiger partial charge in [0, 0.05) is 31.5 Å². The van der Waals surface area contributed by atoms with Gasteiger partial charge in [0.15, 0.2) is 0 Å². The molecule has 0 saturated carbocycles. The molecule has 3 N–H and O–H groups in total. The molecule has 1 unspecified atom stereocenters. The van der Waals surface area contributed by atoms with Crippen LogP contribution >= 0.6 is 0 Å². The lowest BCUT2D eigenvalue weighted by atomic mass is 10.3. The summed E-state index contributed by atoms with van der Waals surface area (Å²) in [5.41, 5.74) is 0.469. The highest BCUT2D eigenvalue weighted by Gasteiger charge is 2.15. The van der Waals surface area contributed by atoms with Gasteiger partial charge in [-0.05, 0) is 12.1 Å². The van der Waals surface area contributed by atoms with E-state index in [1.165, 1.54) is 6.07 Å². The van der Waals surface area contributed by atoms with Crippen molar-refractivity contribution in [2.24, 2.45) is 0 Å². The molecule has 8 heteroatoms. The molecule has 2 aromatic rings. The SMILES string of the molecule is O=c1cc(N2CCOCC2)nc(CC(O)Nc2cccnc2)[nH]1. The topological polar surface area (TPSA) is 103 Å². The van der Waals surface area contributed by atoms with Crippen molar-refractivity contribution >= 4 is 11.5 Å². The Balaban J connectivity index is 1.69. The third-order valence-corrected chi connectivity index (χ3v) is 3.49. The molecule has 122 valence electrons. The second kappa shape index (κ2) is 7.21. The number of aliphatic hydroxyl groups excluding tert-OH is 1. The average Bonchev–Trinajstić information content (AvgIpc) is 2.56. The fourth-order valence-corrected chi connectivity index (χ4v) is 2.42. The molecule has 0 radical (unpaired) electrons. The van der Waals surface area contributed by atoms with Gasteiger partial charge in [-0.3, -0.25) is 9.78 Å². The molecule has 2 aromatic heterocycles. The molecule has 3 rings (SSSR count). The molecule has 23 heavy (non-hydrogen) atoms. The monoisotopic (exact) mass is 317 g/mol. The number of hydrogen-bond donors (Lipinski definition) is 3. The summed E-state index contributed by atoms with van der Waals surface area (Å²) in [4.78, 5) is 24.9. The Bertz CT molecular complexity index is 685. The van der Waals surface area contributed by atoms with Gasteiger partial charge in [0.2, 0.25) is 0 Å². The molecule has 0 aliphatic carbocycles. The molecule has 3 heterocycles. The highest BCUT2D eigenvalue weighted by molar-refractivity contribution is 5.41. The minimum absolute atomic E-state index is 0.183. The lowest BCUT2D eigenvalue weighted by molar-refractivity contribution is 0.122. The summed E-state index contributed by atoms with van der Waals surface area (Å²) < 4.78 is 5.30. The van der Waals surface area contributed by atoms with E-state index in [1.54, 1.807) is 24.5 Å². The number of hydrogen-bond acceptors (Lipinski definition) is 7. The number of pyridine rings is 1. The number of aromatic nitrogens is 3. The first-order chi connectivity index (χ1) is 11.2. The van der Waals surface area contributed by atoms with Crippen LogP contribution in [0.1, 0.15) is 5.82 Å². The fourth-order valence-electron chi connectivity index (χ4n) is 2.42. The van der Waals surface area contributed by atoms with E-state index in [1.807, 2.05) is 4.90 Å². The second-order valence-electron chi connectivity index (χ2n) is 5.26. The number of anilines is 2. The van der Waals surface area contributed by atoms with E-state index < -0.39 is 6.23 Å². The van der Waals surface area contributed by atoms with E-state index in [0.29, 0.717) is 43.6 Å². The minimum Gasteiger partial charge on any atom is -0.378 e. The van der Waals surface area contributed by atoms with Crippen LogP contribution in [-0.4, -0.2) is 52.6 Å². The van der Waals surface area contributed by atoms with E-state index >= 15 is 0 Å². The predicted molar refractivity (Wildman–Crippen MR) is 85.5 cm³/mol. The fraction of sp³-hybridized carbons (Fsp3) is 0.400. The van der Waals surface area contributed by atoms with Crippen molar-refractivity contribution in [3.05, 3.63) is 46.8 Å². The summed E-state index contributed by atoms with van der Waals surface area (Å²) >= 11 is 0. The van der Waals surface area contributed by atoms with Crippen LogP contribution in [0.3, 0.4) is 0 Å². The van der Waals surface area contributed by atoms with Crippen LogP contribution < -0.4 is 15.8 Å². The van der Waals surface area contributed by atoms with Gasteiger partial charge in [0.1, 0.15) is 17.9 Å². The summed E-state index contributed by atoms with van der Waals surface area (Å²) in [6, 6.07) is 5.04. The normalized spacial score (nSPS) is 16.1. The van der Waals surface area contributed by atoms with Gasteiger partial charge in [0.25, 0.3) is 5.56 Å². The quantitative estimate of drug-likeness (QED) is 0.666. The lowest BCUT2D eigenvalue weighted by Crippen LogP contribution is -2.38. The summed E-state index contributed by atoms with van der Waals surface area (Å²) in [5, 5.41) is 13.0. The Morgan fingerprint density at radius 3 is 3.00 bits per heavy atom. The highest BCUT2D eigenvalue weighted by Crippen LogP contribution is 2.11. The number of ether oxygens (including phenoxy) is 1. The van der Waals surface area contributed by atoms with Gasteiger partial charge in [-0.25, -0.2) is 4.98 Å². The summed E-state index contributed by atoms with van der Waals surface area (Å²) in [5.74, 6) is 1.04. The van der Waals surface area contributed by atoms with Gasteiger partial charge in [-0.15, -0.1) is 0 Å². The molecule has 1 atom stereocenters. The Morgan fingerprint density at radius 1 is 1.43 bits per heavy atom. The molecular formula is C15H19N5O3. The van der Waals surface area contributed by atoms with Crippen molar-refractivity contribution in [2.75, 3.05) is 36.5 Å². The molecule has 0 spiro atoms. The molecule has 0 aromatic carbocycles. The van der Waals surface area contributed by atoms with Crippen LogP contribution in [0, 0.1) is 0 Å². The molecular weight excluding hydrogens is 298 g/mol. The van der Waals surface area contributed by atoms with Gasteiger partial charge in [-0.1, -0.05) is 0 Å². The third kappa shape index (κ3) is 4.27. The third-order valence-electron chi connectivity index (χ3n) is 3.49. The van der Waals surface area contributed by atoms with Crippen molar-refractivity contribution in [2.45, 2.75) is 12.6 Å². The van der Waals surface area contributed by atoms with E-state index in [2.05, 4.69) is 20.3 Å². The Labute approximate surface area is 133 Å². The molecule has 1 aliphatic rings. The summed E-state index contributed by atoms with van der Waals surface area (Å²) in [6.45, 7) is 2.64. The van der Waals surface area contributed by atoms with Crippen molar-refractivity contribution < 1.29 is 9.84 Å². The number of morpholine rings is 1. The van der Waals surface area contributed by atoms with Gasteiger partial charge >= 0.3 is 0 Å². The summed E-state index contributed by atoms with van der Waals surface area (Å²) in [6.07, 6.45) is 2.58. The maximum atomic E-state index is 11.8. The van der Waals surface area contributed by atoms with Crippen molar-refractivity contribution in [1.29, 1.82) is 0 Å². The molecule has 1 fully saturated rings. The zero-order chi connectivity index (χ0) is 16.1. The maximum Gasteiger partial charge on any atom is 0.252 e. The molecule has 8 nitrogen and oxygen atoms in total. The molecule has 1 aliphatic heterocycles. The van der Waals surface area contributed by atoms with E-state index in [4.69, 9.17) is 4.74 Å². The minimum atomic E-state index is -0.873. The number of nitrogens with one attached hydrogen (secondary N) is 2. The van der Waals surface area contributed by atoms with Gasteiger partial charge < -0.3 is 25.0 Å². The Morgan fingerprint density at radius 2 is 2.26 bits per heavy atom. The first-order valence-corrected chi connectivity index (χ1v) is 7.48. The van der Waals surface area contributed by atoms with Gasteiger partial charge in [0.05, 0.1) is 25.3 Å². The number of H-pyrrole nitrogens is 1. The highest BCUT2D eigenvalue weighted by atomic mass is 16.5. The van der Waals surface area contributed by atoms with E-state index in [9.17, 15) is 9.90 Å². The smallest absolute Gasteiger partial charge is 0.252 e. The van der Waals surface area contributed by atoms with Crippen LogP contribution in [-0.2, 0) is 11.2 Å². The van der Waals surface area contributed by atoms with Crippen LogP contribution in [0.5, 0.6) is 0 Å². The first-order valence-electron chi connectivity index (χ1n) is 7.48. The van der Waals surface area contributed by atoms with Crippen molar-refractivity contribution in [3.63, 3.8) is 0 Å². The number of aromatic amines is 1. The largest absolute Gasteiger partial charge is 0.378 e. The van der Waals surface area contributed by atoms with Crippen LogP contribution in [0.15, 0.2) is 35.4 Å². The zero-order valence-corrected chi connectivity index (χ0v) is 12.6. The van der Waals surface area contributed by atoms with Crippen LogP contribution in [0.25, 0.3) is 0 Å². The number of aliphatic hydroxyl groups is 1.